The molecule has 6 heteroatoms. The van der Waals surface area contributed by atoms with Crippen LogP contribution in [0.2, 0.25) is 0 Å². The minimum atomic E-state index is -0.512. The molecule has 0 spiro atoms. The fraction of sp³-hybridized carbons (Fsp3) is 0.0435. The van der Waals surface area contributed by atoms with Gasteiger partial charge in [0.1, 0.15) is 18.2 Å². The van der Waals surface area contributed by atoms with Gasteiger partial charge in [0.2, 0.25) is 5.90 Å². The number of nitrogens with zero attached hydrogens (tertiary/aromatic N) is 1. The number of halogens is 2. The molecule has 0 unspecified atom stereocenters. The third-order valence-corrected chi connectivity index (χ3v) is 4.87. The predicted molar refractivity (Wildman–Crippen MR) is 112 cm³/mol. The lowest BCUT2D eigenvalue weighted by Crippen LogP contribution is -2.05. The summed E-state index contributed by atoms with van der Waals surface area (Å²) in [4.78, 5) is 16.5. The van der Waals surface area contributed by atoms with E-state index in [4.69, 9.17) is 9.47 Å². The summed E-state index contributed by atoms with van der Waals surface area (Å²) in [5.74, 6) is 0.0436. The highest BCUT2D eigenvalue weighted by Gasteiger charge is 2.25. The Balaban J connectivity index is 1.53. The van der Waals surface area contributed by atoms with E-state index in [1.165, 1.54) is 12.1 Å². The Hall–Kier alpha value is -3.25. The van der Waals surface area contributed by atoms with Crippen LogP contribution in [0.25, 0.3) is 6.08 Å². The number of benzene rings is 3. The SMILES string of the molecule is O=C1OC(c2ccccc2Br)=N/C1=C\c1cccc(OCc2cccc(F)c2)c1. The molecule has 0 bridgehead atoms. The zero-order valence-corrected chi connectivity index (χ0v) is 16.7. The minimum Gasteiger partial charge on any atom is -0.489 e. The first-order valence-corrected chi connectivity index (χ1v) is 9.62. The molecule has 4 nitrogen and oxygen atoms in total. The zero-order valence-electron chi connectivity index (χ0n) is 15.1. The lowest BCUT2D eigenvalue weighted by molar-refractivity contribution is -0.129. The predicted octanol–water partition coefficient (Wildman–Crippen LogP) is 5.51. The first-order chi connectivity index (χ1) is 14.1. The average molecular weight is 452 g/mol. The minimum absolute atomic E-state index is 0.207. The van der Waals surface area contributed by atoms with Crippen molar-refractivity contribution in [2.24, 2.45) is 4.99 Å². The molecule has 0 saturated carbocycles. The summed E-state index contributed by atoms with van der Waals surface area (Å²) >= 11 is 3.43. The first kappa shape index (κ1) is 19.1. The van der Waals surface area contributed by atoms with E-state index in [2.05, 4.69) is 20.9 Å². The van der Waals surface area contributed by atoms with E-state index in [0.717, 1.165) is 15.6 Å². The van der Waals surface area contributed by atoms with Crippen LogP contribution in [-0.2, 0) is 16.1 Å². The molecule has 0 aliphatic carbocycles. The van der Waals surface area contributed by atoms with Crippen molar-refractivity contribution in [3.63, 3.8) is 0 Å². The van der Waals surface area contributed by atoms with Gasteiger partial charge >= 0.3 is 5.97 Å². The second-order valence-electron chi connectivity index (χ2n) is 6.31. The molecule has 0 N–H and O–H groups in total. The number of carbonyl (C=O) groups is 1. The number of hydrogen-bond acceptors (Lipinski definition) is 4. The van der Waals surface area contributed by atoms with Gasteiger partial charge in [-0.05, 0) is 69.5 Å². The Bertz CT molecular complexity index is 1140. The van der Waals surface area contributed by atoms with Crippen LogP contribution in [0.1, 0.15) is 16.7 Å². The van der Waals surface area contributed by atoms with E-state index in [1.807, 2.05) is 36.4 Å². The summed E-state index contributed by atoms with van der Waals surface area (Å²) in [5.41, 5.74) is 2.39. The summed E-state index contributed by atoms with van der Waals surface area (Å²) in [7, 11) is 0. The summed E-state index contributed by atoms with van der Waals surface area (Å²) in [6, 6.07) is 20.9. The van der Waals surface area contributed by atoms with Crippen LogP contribution in [-0.4, -0.2) is 11.9 Å². The monoisotopic (exact) mass is 451 g/mol. The Kier molecular flexibility index (Phi) is 5.53. The molecule has 0 saturated heterocycles. The number of aliphatic imine (C=N–C) groups is 1. The Labute approximate surface area is 175 Å². The Morgan fingerprint density at radius 3 is 2.69 bits per heavy atom. The van der Waals surface area contributed by atoms with Crippen LogP contribution in [0.5, 0.6) is 5.75 Å². The molecule has 3 aromatic rings. The van der Waals surface area contributed by atoms with E-state index < -0.39 is 5.97 Å². The number of cyclic esters (lactones) is 1. The van der Waals surface area contributed by atoms with Crippen molar-refractivity contribution in [3.05, 3.63) is 105 Å². The van der Waals surface area contributed by atoms with Gasteiger partial charge in [-0.2, -0.15) is 0 Å². The second-order valence-corrected chi connectivity index (χ2v) is 7.16. The molecule has 4 rings (SSSR count). The molecule has 1 heterocycles. The standard InChI is InChI=1S/C23H15BrFNO3/c24-20-10-2-1-9-19(20)22-26-21(23(27)29-22)13-15-5-4-8-18(12-15)28-14-16-6-3-7-17(25)11-16/h1-13H,14H2/b21-13-. The van der Waals surface area contributed by atoms with E-state index >= 15 is 0 Å². The smallest absolute Gasteiger partial charge is 0.363 e. The van der Waals surface area contributed by atoms with Crippen LogP contribution >= 0.6 is 15.9 Å². The van der Waals surface area contributed by atoms with Gasteiger partial charge in [0, 0.05) is 4.47 Å². The van der Waals surface area contributed by atoms with Crippen LogP contribution < -0.4 is 4.74 Å². The lowest BCUT2D eigenvalue weighted by atomic mass is 10.2. The fourth-order valence-electron chi connectivity index (χ4n) is 2.80. The summed E-state index contributed by atoms with van der Waals surface area (Å²) < 4.78 is 25.1. The summed E-state index contributed by atoms with van der Waals surface area (Å²) in [6.07, 6.45) is 1.64. The average Bonchev–Trinajstić information content (AvgIpc) is 3.07. The van der Waals surface area contributed by atoms with Gasteiger partial charge in [-0.1, -0.05) is 36.4 Å². The van der Waals surface area contributed by atoms with Gasteiger partial charge in [0.25, 0.3) is 0 Å². The Morgan fingerprint density at radius 2 is 1.86 bits per heavy atom. The maximum Gasteiger partial charge on any atom is 0.363 e. The van der Waals surface area contributed by atoms with E-state index in [-0.39, 0.29) is 24.0 Å². The number of hydrogen-bond donors (Lipinski definition) is 0. The van der Waals surface area contributed by atoms with Crippen molar-refractivity contribution in [1.29, 1.82) is 0 Å². The van der Waals surface area contributed by atoms with Crippen LogP contribution in [0.3, 0.4) is 0 Å². The maximum atomic E-state index is 13.3. The van der Waals surface area contributed by atoms with E-state index in [0.29, 0.717) is 11.3 Å². The van der Waals surface area contributed by atoms with Crippen molar-refractivity contribution < 1.29 is 18.7 Å². The van der Waals surface area contributed by atoms with Crippen LogP contribution in [0.4, 0.5) is 4.39 Å². The highest BCUT2D eigenvalue weighted by atomic mass is 79.9. The quantitative estimate of drug-likeness (QED) is 0.379. The molecular formula is C23H15BrFNO3. The summed E-state index contributed by atoms with van der Waals surface area (Å²) in [5, 5.41) is 0. The molecule has 3 aromatic carbocycles. The normalized spacial score (nSPS) is 14.6. The highest BCUT2D eigenvalue weighted by molar-refractivity contribution is 9.10. The molecule has 29 heavy (non-hydrogen) atoms. The third kappa shape index (κ3) is 4.60. The zero-order chi connectivity index (χ0) is 20.2. The molecule has 0 aromatic heterocycles. The molecule has 0 atom stereocenters. The van der Waals surface area contributed by atoms with Crippen molar-refractivity contribution in [1.82, 2.24) is 0 Å². The maximum absolute atomic E-state index is 13.3. The van der Waals surface area contributed by atoms with Crippen molar-refractivity contribution in [2.45, 2.75) is 6.61 Å². The summed E-state index contributed by atoms with van der Waals surface area (Å²) in [6.45, 7) is 0.240. The Morgan fingerprint density at radius 1 is 1.03 bits per heavy atom. The molecule has 1 aliphatic heterocycles. The number of esters is 1. The highest BCUT2D eigenvalue weighted by Crippen LogP contribution is 2.25. The number of carbonyl (C=O) groups excluding carboxylic acids is 1. The van der Waals surface area contributed by atoms with Gasteiger partial charge in [-0.15, -0.1) is 0 Å². The topological polar surface area (TPSA) is 47.9 Å². The van der Waals surface area contributed by atoms with E-state index in [9.17, 15) is 9.18 Å². The largest absolute Gasteiger partial charge is 0.489 e. The van der Waals surface area contributed by atoms with Gasteiger partial charge in [-0.3, -0.25) is 0 Å². The third-order valence-electron chi connectivity index (χ3n) is 4.18. The number of ether oxygens (including phenoxy) is 2. The molecule has 1 aliphatic rings. The van der Waals surface area contributed by atoms with Gasteiger partial charge < -0.3 is 9.47 Å². The van der Waals surface area contributed by atoms with Crippen LogP contribution in [0, 0.1) is 5.82 Å². The van der Waals surface area contributed by atoms with Crippen molar-refractivity contribution in [2.75, 3.05) is 0 Å². The van der Waals surface area contributed by atoms with E-state index in [1.54, 1.807) is 30.3 Å². The fourth-order valence-corrected chi connectivity index (χ4v) is 3.26. The second kappa shape index (κ2) is 8.41. The molecular weight excluding hydrogens is 437 g/mol. The molecule has 0 amide bonds. The lowest BCUT2D eigenvalue weighted by Gasteiger charge is -2.07. The van der Waals surface area contributed by atoms with Gasteiger partial charge in [0.15, 0.2) is 5.70 Å². The van der Waals surface area contributed by atoms with Crippen molar-refractivity contribution in [3.8, 4) is 5.75 Å². The number of rotatable bonds is 5. The van der Waals surface area contributed by atoms with Crippen molar-refractivity contribution >= 4 is 33.9 Å². The molecule has 0 fully saturated rings. The molecule has 0 radical (unpaired) electrons. The van der Waals surface area contributed by atoms with Gasteiger partial charge in [0.05, 0.1) is 5.56 Å². The first-order valence-electron chi connectivity index (χ1n) is 8.83. The molecule has 144 valence electrons. The van der Waals surface area contributed by atoms with Crippen LogP contribution in [0.15, 0.2) is 88.0 Å². The van der Waals surface area contributed by atoms with Gasteiger partial charge in [-0.25, -0.2) is 14.2 Å².